The van der Waals surface area contributed by atoms with Crippen LogP contribution >= 0.6 is 0 Å². The molecule has 0 aliphatic rings. The molecule has 0 N–H and O–H groups in total. The summed E-state index contributed by atoms with van der Waals surface area (Å²) in [5.74, 6) is -3.24. The van der Waals surface area contributed by atoms with Crippen LogP contribution in [0.2, 0.25) is 0 Å². The summed E-state index contributed by atoms with van der Waals surface area (Å²) in [4.78, 5) is 12.1. The Balaban J connectivity index is 2.06. The van der Waals surface area contributed by atoms with E-state index in [1.54, 1.807) is 20.8 Å². The summed E-state index contributed by atoms with van der Waals surface area (Å²) < 4.78 is 60.8. The predicted molar refractivity (Wildman–Crippen MR) is 99.7 cm³/mol. The minimum Gasteiger partial charge on any atom is -0.459 e. The second-order valence-corrected chi connectivity index (χ2v) is 9.02. The van der Waals surface area contributed by atoms with Gasteiger partial charge >= 0.3 is 5.97 Å². The van der Waals surface area contributed by atoms with Crippen molar-refractivity contribution in [2.24, 2.45) is 0 Å². The van der Waals surface area contributed by atoms with E-state index in [1.165, 1.54) is 29.1 Å². The van der Waals surface area contributed by atoms with Gasteiger partial charge in [-0.2, -0.15) is 0 Å². The van der Waals surface area contributed by atoms with Gasteiger partial charge in [0.2, 0.25) is 0 Å². The molecule has 0 fully saturated rings. The number of aromatic nitrogens is 3. The molecule has 29 heavy (non-hydrogen) atoms. The lowest BCUT2D eigenvalue weighted by Gasteiger charge is -2.26. The fourth-order valence-electron chi connectivity index (χ4n) is 2.53. The molecule has 2 aromatic heterocycles. The smallest absolute Gasteiger partial charge is 0.327 e. The number of halogens is 2. The van der Waals surface area contributed by atoms with E-state index in [2.05, 4.69) is 10.2 Å². The average molecular weight is 424 g/mol. The Kier molecular flexibility index (Phi) is 5.26. The number of carbonyl (C=O) groups is 1. The van der Waals surface area contributed by atoms with Crippen molar-refractivity contribution in [1.29, 1.82) is 0 Å². The lowest BCUT2D eigenvalue weighted by molar-refractivity contribution is -0.152. The first-order valence-corrected chi connectivity index (χ1v) is 9.90. The molecule has 0 unspecified atom stereocenters. The van der Waals surface area contributed by atoms with Gasteiger partial charge in [0.05, 0.1) is 5.69 Å². The van der Waals surface area contributed by atoms with Crippen molar-refractivity contribution in [2.45, 2.75) is 31.3 Å². The van der Waals surface area contributed by atoms with Crippen LogP contribution in [-0.2, 0) is 19.6 Å². The van der Waals surface area contributed by atoms with Crippen LogP contribution in [0.25, 0.3) is 5.65 Å². The van der Waals surface area contributed by atoms with Crippen LogP contribution < -0.4 is 4.31 Å². The highest BCUT2D eigenvalue weighted by Gasteiger charge is 2.30. The second-order valence-electron chi connectivity index (χ2n) is 7.16. The van der Waals surface area contributed by atoms with Crippen LogP contribution in [0.4, 0.5) is 14.5 Å². The minimum absolute atomic E-state index is 0.196. The first-order chi connectivity index (χ1) is 13.5. The maximum atomic E-state index is 13.8. The number of hydrogen-bond donors (Lipinski definition) is 0. The van der Waals surface area contributed by atoms with Gasteiger partial charge in [0.15, 0.2) is 17.3 Å². The van der Waals surface area contributed by atoms with E-state index in [9.17, 15) is 22.0 Å². The quantitative estimate of drug-likeness (QED) is 0.585. The highest BCUT2D eigenvalue weighted by molar-refractivity contribution is 7.92. The van der Waals surface area contributed by atoms with Gasteiger partial charge in [-0.15, -0.1) is 10.2 Å². The van der Waals surface area contributed by atoms with Crippen molar-refractivity contribution >= 4 is 27.3 Å². The molecule has 0 atom stereocenters. The van der Waals surface area contributed by atoms with Gasteiger partial charge in [0, 0.05) is 12.3 Å². The number of hydrogen-bond acceptors (Lipinski definition) is 6. The molecule has 0 saturated carbocycles. The fraction of sp³-hybridized carbons (Fsp3) is 0.278. The molecule has 11 heteroatoms. The monoisotopic (exact) mass is 424 g/mol. The third kappa shape index (κ3) is 4.50. The van der Waals surface area contributed by atoms with E-state index in [-0.39, 0.29) is 10.6 Å². The molecule has 8 nitrogen and oxygen atoms in total. The lowest BCUT2D eigenvalue weighted by Crippen LogP contribution is -2.39. The number of anilines is 1. The van der Waals surface area contributed by atoms with Gasteiger partial charge in [-0.3, -0.25) is 13.5 Å². The predicted octanol–water partition coefficient (Wildman–Crippen LogP) is 2.54. The van der Waals surface area contributed by atoms with Crippen molar-refractivity contribution in [3.8, 4) is 0 Å². The van der Waals surface area contributed by atoms with E-state index in [0.29, 0.717) is 16.0 Å². The molecule has 0 aliphatic carbocycles. The van der Waals surface area contributed by atoms with Crippen molar-refractivity contribution in [3.05, 3.63) is 54.5 Å². The summed E-state index contributed by atoms with van der Waals surface area (Å²) in [7, 11) is -4.34. The van der Waals surface area contributed by atoms with Gasteiger partial charge in [0.1, 0.15) is 23.4 Å². The number of rotatable bonds is 5. The summed E-state index contributed by atoms with van der Waals surface area (Å²) in [6.07, 6.45) is 2.57. The fourth-order valence-corrected chi connectivity index (χ4v) is 3.94. The van der Waals surface area contributed by atoms with Crippen LogP contribution in [-0.4, -0.2) is 41.1 Å². The summed E-state index contributed by atoms with van der Waals surface area (Å²) in [5.41, 5.74) is -0.670. The van der Waals surface area contributed by atoms with Crippen LogP contribution in [0.3, 0.4) is 0 Å². The summed E-state index contributed by atoms with van der Waals surface area (Å²) in [6.45, 7) is 4.15. The van der Waals surface area contributed by atoms with Crippen LogP contribution in [0.5, 0.6) is 0 Å². The molecule has 0 amide bonds. The van der Waals surface area contributed by atoms with Gasteiger partial charge < -0.3 is 4.74 Å². The zero-order chi connectivity index (χ0) is 21.4. The zero-order valence-electron chi connectivity index (χ0n) is 15.8. The van der Waals surface area contributed by atoms with Gasteiger partial charge in [-0.25, -0.2) is 17.2 Å². The first-order valence-electron chi connectivity index (χ1n) is 8.46. The van der Waals surface area contributed by atoms with E-state index in [0.717, 1.165) is 12.1 Å². The minimum atomic E-state index is -4.34. The van der Waals surface area contributed by atoms with E-state index in [4.69, 9.17) is 4.74 Å². The van der Waals surface area contributed by atoms with E-state index < -0.39 is 39.8 Å². The molecule has 154 valence electrons. The van der Waals surface area contributed by atoms with E-state index in [1.807, 2.05) is 0 Å². The Morgan fingerprint density at radius 2 is 1.90 bits per heavy atom. The Labute approximate surface area is 165 Å². The molecule has 0 saturated heterocycles. The Hall–Kier alpha value is -3.08. The molecular weight excluding hydrogens is 406 g/mol. The third-order valence-electron chi connectivity index (χ3n) is 3.74. The van der Waals surface area contributed by atoms with Crippen LogP contribution in [0.15, 0.2) is 47.8 Å². The number of fused-ring (bicyclic) bond motifs is 1. The van der Waals surface area contributed by atoms with Crippen LogP contribution in [0.1, 0.15) is 20.8 Å². The third-order valence-corrected chi connectivity index (χ3v) is 5.49. The topological polar surface area (TPSA) is 93.9 Å². The number of esters is 1. The molecule has 0 spiro atoms. The molecule has 0 bridgehead atoms. The molecule has 0 radical (unpaired) electrons. The van der Waals surface area contributed by atoms with Crippen molar-refractivity contribution < 1.29 is 26.7 Å². The summed E-state index contributed by atoms with van der Waals surface area (Å²) >= 11 is 0. The lowest BCUT2D eigenvalue weighted by atomic mass is 10.2. The van der Waals surface area contributed by atoms with Gasteiger partial charge in [-0.1, -0.05) is 0 Å². The molecule has 1 aromatic carbocycles. The van der Waals surface area contributed by atoms with Crippen LogP contribution in [0, 0.1) is 11.6 Å². The maximum absolute atomic E-state index is 13.8. The number of benzene rings is 1. The largest absolute Gasteiger partial charge is 0.459 e. The molecule has 3 aromatic rings. The Morgan fingerprint density at radius 1 is 1.17 bits per heavy atom. The SMILES string of the molecule is CC(C)(C)OC(=O)CN(c1ccc(F)c(F)c1)S(=O)(=O)c1ccc2nncn2c1. The number of nitrogens with zero attached hydrogens (tertiary/aromatic N) is 4. The number of pyridine rings is 1. The van der Waals surface area contributed by atoms with E-state index >= 15 is 0 Å². The summed E-state index contributed by atoms with van der Waals surface area (Å²) in [6, 6.07) is 5.26. The first kappa shape index (κ1) is 20.6. The number of carbonyl (C=O) groups excluding carboxylic acids is 1. The standard InChI is InChI=1S/C18H18F2N4O4S/c1-18(2,3)28-17(25)10-24(12-4-6-14(19)15(20)8-12)29(26,27)13-5-7-16-22-21-11-23(16)9-13/h4-9,11H,10H2,1-3H3. The number of ether oxygens (including phenoxy) is 1. The highest BCUT2D eigenvalue weighted by atomic mass is 32.2. The Bertz CT molecular complexity index is 1170. The Morgan fingerprint density at radius 3 is 2.55 bits per heavy atom. The highest BCUT2D eigenvalue weighted by Crippen LogP contribution is 2.26. The molecule has 2 heterocycles. The molecule has 3 rings (SSSR count). The second kappa shape index (κ2) is 7.39. The van der Waals surface area contributed by atoms with Gasteiger partial charge in [-0.05, 0) is 45.0 Å². The summed E-state index contributed by atoms with van der Waals surface area (Å²) in [5, 5.41) is 7.47. The maximum Gasteiger partial charge on any atom is 0.327 e. The molecule has 0 aliphatic heterocycles. The van der Waals surface area contributed by atoms with Gasteiger partial charge in [0.25, 0.3) is 10.0 Å². The molecular formula is C18H18F2N4O4S. The van der Waals surface area contributed by atoms with Crippen molar-refractivity contribution in [3.63, 3.8) is 0 Å². The van der Waals surface area contributed by atoms with Crippen molar-refractivity contribution in [2.75, 3.05) is 10.8 Å². The normalized spacial score (nSPS) is 12.2. The number of sulfonamides is 1. The average Bonchev–Trinajstić information content (AvgIpc) is 3.08. The van der Waals surface area contributed by atoms with Crippen molar-refractivity contribution in [1.82, 2.24) is 14.6 Å². The zero-order valence-corrected chi connectivity index (χ0v) is 16.7.